The Morgan fingerprint density at radius 2 is 1.92 bits per heavy atom. The third kappa shape index (κ3) is 2.00. The van der Waals surface area contributed by atoms with Crippen LogP contribution in [0.1, 0.15) is 38.5 Å². The van der Waals surface area contributed by atoms with E-state index in [4.69, 9.17) is 9.62 Å². The molecule has 0 atom stereocenters. The molecule has 1 saturated heterocycles. The van der Waals surface area contributed by atoms with Crippen LogP contribution in [0.15, 0.2) is 0 Å². The zero-order chi connectivity index (χ0) is 9.15. The summed E-state index contributed by atoms with van der Waals surface area (Å²) in [7, 11) is 0. The van der Waals surface area contributed by atoms with E-state index in [0.717, 1.165) is 25.7 Å². The molecule has 1 aliphatic heterocycles. The summed E-state index contributed by atoms with van der Waals surface area (Å²) >= 11 is 0. The van der Waals surface area contributed by atoms with Crippen LogP contribution in [0.4, 0.5) is 0 Å². The van der Waals surface area contributed by atoms with Gasteiger partial charge in [-0.2, -0.15) is 0 Å². The van der Waals surface area contributed by atoms with Gasteiger partial charge in [-0.15, -0.1) is 4.89 Å². The molecule has 0 bridgehead atoms. The quantitative estimate of drug-likeness (QED) is 0.538. The molecule has 0 amide bonds. The van der Waals surface area contributed by atoms with Crippen LogP contribution in [0.5, 0.6) is 0 Å². The fourth-order valence-corrected chi connectivity index (χ4v) is 1.83. The summed E-state index contributed by atoms with van der Waals surface area (Å²) in [6, 6.07) is 0. The molecule has 0 aromatic carbocycles. The van der Waals surface area contributed by atoms with E-state index >= 15 is 0 Å². The predicted octanol–water partition coefficient (Wildman–Crippen LogP) is 1.54. The molecular formula is C9H14O4. The van der Waals surface area contributed by atoms with Crippen molar-refractivity contribution in [2.24, 2.45) is 0 Å². The molecule has 4 nitrogen and oxygen atoms in total. The second-order valence-corrected chi connectivity index (χ2v) is 3.61. The zero-order valence-corrected chi connectivity index (χ0v) is 7.58. The summed E-state index contributed by atoms with van der Waals surface area (Å²) < 4.78 is 5.53. The van der Waals surface area contributed by atoms with E-state index < -0.39 is 5.79 Å². The van der Waals surface area contributed by atoms with E-state index in [1.165, 1.54) is 6.42 Å². The molecule has 2 fully saturated rings. The molecule has 0 N–H and O–H groups in total. The standard InChI is InChI=1S/C9H14O4/c10-8-4-7-11-9(13-12-8)5-2-1-3-6-9/h1-7H2. The molecule has 0 unspecified atom stereocenters. The van der Waals surface area contributed by atoms with Crippen molar-refractivity contribution in [2.75, 3.05) is 6.61 Å². The van der Waals surface area contributed by atoms with Gasteiger partial charge in [0.05, 0.1) is 13.0 Å². The summed E-state index contributed by atoms with van der Waals surface area (Å²) in [6.45, 7) is 0.416. The van der Waals surface area contributed by atoms with Crippen molar-refractivity contribution in [1.82, 2.24) is 0 Å². The van der Waals surface area contributed by atoms with Crippen molar-refractivity contribution in [2.45, 2.75) is 44.3 Å². The van der Waals surface area contributed by atoms with Crippen molar-refractivity contribution in [3.8, 4) is 0 Å². The normalized spacial score (nSPS) is 28.2. The third-order valence-electron chi connectivity index (χ3n) is 2.57. The van der Waals surface area contributed by atoms with Crippen molar-refractivity contribution < 1.29 is 19.3 Å². The summed E-state index contributed by atoms with van der Waals surface area (Å²) in [5.41, 5.74) is 0. The second kappa shape index (κ2) is 3.64. The van der Waals surface area contributed by atoms with Gasteiger partial charge < -0.3 is 4.74 Å². The average Bonchev–Trinajstić information content (AvgIpc) is 2.32. The van der Waals surface area contributed by atoms with Crippen molar-refractivity contribution >= 4 is 5.97 Å². The van der Waals surface area contributed by atoms with Gasteiger partial charge in [-0.1, -0.05) is 6.42 Å². The van der Waals surface area contributed by atoms with Crippen molar-refractivity contribution in [3.05, 3.63) is 0 Å². The highest BCUT2D eigenvalue weighted by atomic mass is 17.2. The number of ether oxygens (including phenoxy) is 1. The first-order chi connectivity index (χ1) is 6.31. The Morgan fingerprint density at radius 3 is 2.69 bits per heavy atom. The van der Waals surface area contributed by atoms with Crippen molar-refractivity contribution in [1.29, 1.82) is 0 Å². The van der Waals surface area contributed by atoms with Gasteiger partial charge in [-0.3, -0.25) is 4.89 Å². The first-order valence-corrected chi connectivity index (χ1v) is 4.83. The summed E-state index contributed by atoms with van der Waals surface area (Å²) in [5, 5.41) is 0. The van der Waals surface area contributed by atoms with Gasteiger partial charge in [0.25, 0.3) is 0 Å². The number of rotatable bonds is 0. The summed E-state index contributed by atoms with van der Waals surface area (Å²) in [4.78, 5) is 20.6. The van der Waals surface area contributed by atoms with Gasteiger partial charge >= 0.3 is 5.97 Å². The van der Waals surface area contributed by atoms with E-state index in [-0.39, 0.29) is 5.97 Å². The SMILES string of the molecule is O=C1CCOC2(CCCCC2)OO1. The van der Waals surface area contributed by atoms with Gasteiger partial charge in [-0.05, 0) is 12.8 Å². The monoisotopic (exact) mass is 186 g/mol. The molecule has 0 aromatic rings. The lowest BCUT2D eigenvalue weighted by molar-refractivity contribution is -0.401. The molecule has 2 aliphatic rings. The molecular weight excluding hydrogens is 172 g/mol. The minimum Gasteiger partial charge on any atom is -0.346 e. The fourth-order valence-electron chi connectivity index (χ4n) is 1.83. The van der Waals surface area contributed by atoms with E-state index in [9.17, 15) is 4.79 Å². The van der Waals surface area contributed by atoms with E-state index in [2.05, 4.69) is 4.89 Å². The molecule has 2 rings (SSSR count). The van der Waals surface area contributed by atoms with Crippen molar-refractivity contribution in [3.63, 3.8) is 0 Å². The maximum absolute atomic E-state index is 10.9. The number of carbonyl (C=O) groups is 1. The number of hydrogen-bond donors (Lipinski definition) is 0. The smallest absolute Gasteiger partial charge is 0.344 e. The molecule has 1 aliphatic carbocycles. The highest BCUT2D eigenvalue weighted by molar-refractivity contribution is 5.68. The van der Waals surface area contributed by atoms with E-state index in [1.807, 2.05) is 0 Å². The Bertz CT molecular complexity index is 196. The Hall–Kier alpha value is -0.610. The van der Waals surface area contributed by atoms with Gasteiger partial charge in [0.1, 0.15) is 0 Å². The number of carbonyl (C=O) groups excluding carboxylic acids is 1. The molecule has 74 valence electrons. The summed E-state index contributed by atoms with van der Waals surface area (Å²) in [5.74, 6) is -0.952. The molecule has 1 heterocycles. The maximum atomic E-state index is 10.9. The van der Waals surface area contributed by atoms with Crippen LogP contribution in [0.2, 0.25) is 0 Å². The largest absolute Gasteiger partial charge is 0.346 e. The first-order valence-electron chi connectivity index (χ1n) is 4.83. The molecule has 0 radical (unpaired) electrons. The fraction of sp³-hybridized carbons (Fsp3) is 0.889. The lowest BCUT2D eigenvalue weighted by Gasteiger charge is -2.32. The highest BCUT2D eigenvalue weighted by Gasteiger charge is 2.38. The van der Waals surface area contributed by atoms with Crippen LogP contribution in [0, 0.1) is 0 Å². The van der Waals surface area contributed by atoms with E-state index in [1.54, 1.807) is 0 Å². The Labute approximate surface area is 77.1 Å². The van der Waals surface area contributed by atoms with Gasteiger partial charge in [0, 0.05) is 12.8 Å². The molecule has 0 aromatic heterocycles. The Kier molecular flexibility index (Phi) is 2.51. The minimum atomic E-state index is -0.621. The molecule has 4 heteroatoms. The lowest BCUT2D eigenvalue weighted by Crippen LogP contribution is -2.37. The van der Waals surface area contributed by atoms with Crippen LogP contribution in [-0.2, 0) is 19.3 Å². The summed E-state index contributed by atoms with van der Waals surface area (Å²) in [6.07, 6.45) is 5.33. The molecule has 1 saturated carbocycles. The lowest BCUT2D eigenvalue weighted by atomic mass is 9.94. The second-order valence-electron chi connectivity index (χ2n) is 3.61. The Morgan fingerprint density at radius 1 is 1.15 bits per heavy atom. The first kappa shape index (κ1) is 8.97. The van der Waals surface area contributed by atoms with Crippen LogP contribution in [0.3, 0.4) is 0 Å². The average molecular weight is 186 g/mol. The van der Waals surface area contributed by atoms with Gasteiger partial charge in [0.2, 0.25) is 5.79 Å². The molecule has 13 heavy (non-hydrogen) atoms. The van der Waals surface area contributed by atoms with E-state index in [0.29, 0.717) is 13.0 Å². The van der Waals surface area contributed by atoms with Crippen LogP contribution in [0.25, 0.3) is 0 Å². The zero-order valence-electron chi connectivity index (χ0n) is 7.58. The minimum absolute atomic E-state index is 0.293. The number of hydrogen-bond acceptors (Lipinski definition) is 4. The maximum Gasteiger partial charge on any atom is 0.344 e. The predicted molar refractivity (Wildman–Crippen MR) is 43.6 cm³/mol. The van der Waals surface area contributed by atoms with Gasteiger partial charge in [0.15, 0.2) is 0 Å². The topological polar surface area (TPSA) is 44.8 Å². The van der Waals surface area contributed by atoms with Gasteiger partial charge in [-0.25, -0.2) is 4.79 Å². The Balaban J connectivity index is 1.99. The van der Waals surface area contributed by atoms with Crippen LogP contribution in [-0.4, -0.2) is 18.4 Å². The molecule has 1 spiro atoms. The third-order valence-corrected chi connectivity index (χ3v) is 2.57. The van der Waals surface area contributed by atoms with Crippen LogP contribution >= 0.6 is 0 Å². The highest BCUT2D eigenvalue weighted by Crippen LogP contribution is 2.34. The van der Waals surface area contributed by atoms with Crippen LogP contribution < -0.4 is 0 Å².